The van der Waals surface area contributed by atoms with Crippen LogP contribution in [0.25, 0.3) is 0 Å². The van der Waals surface area contributed by atoms with Crippen LogP contribution in [0, 0.1) is 26.6 Å². The molecule has 3 aromatic rings. The number of amides is 1. The molecule has 1 heterocycles. The lowest BCUT2D eigenvalue weighted by Gasteiger charge is -2.17. The molecule has 1 aromatic heterocycles. The summed E-state index contributed by atoms with van der Waals surface area (Å²) in [6.07, 6.45) is 0. The average Bonchev–Trinajstić information content (AvgIpc) is 2.92. The van der Waals surface area contributed by atoms with E-state index < -0.39 is 0 Å². The van der Waals surface area contributed by atoms with Crippen LogP contribution in [0.1, 0.15) is 51.3 Å². The van der Waals surface area contributed by atoms with E-state index in [9.17, 15) is 9.18 Å². The number of hydrogen-bond acceptors (Lipinski definition) is 2. The number of nitrogens with zero attached hydrogens (tertiary/aromatic N) is 2. The summed E-state index contributed by atoms with van der Waals surface area (Å²) in [5.41, 5.74) is 5.09. The summed E-state index contributed by atoms with van der Waals surface area (Å²) in [7, 11) is 0. The summed E-state index contributed by atoms with van der Waals surface area (Å²) in [6.45, 7) is 8.12. The minimum absolute atomic E-state index is 0.164. The van der Waals surface area contributed by atoms with Crippen LogP contribution in [-0.4, -0.2) is 15.7 Å². The van der Waals surface area contributed by atoms with Crippen molar-refractivity contribution in [3.8, 4) is 0 Å². The Labute approximate surface area is 169 Å². The molecule has 1 unspecified atom stereocenters. The highest BCUT2D eigenvalue weighted by Gasteiger charge is 2.22. The van der Waals surface area contributed by atoms with Gasteiger partial charge in [-0.1, -0.05) is 47.5 Å². The van der Waals surface area contributed by atoms with Gasteiger partial charge in [0.2, 0.25) is 0 Å². The Kier molecular flexibility index (Phi) is 5.84. The maximum absolute atomic E-state index is 13.1. The van der Waals surface area contributed by atoms with E-state index in [4.69, 9.17) is 11.6 Å². The SMILES string of the molecule is Cc1ccc(C)c(C(C)NC(=O)c2c(C)nn(Cc3ccc(F)cc3)c2Cl)c1. The van der Waals surface area contributed by atoms with Crippen LogP contribution in [0.5, 0.6) is 0 Å². The number of carbonyl (C=O) groups excluding carboxylic acids is 1. The molecular formula is C22H23ClFN3O. The van der Waals surface area contributed by atoms with Crippen molar-refractivity contribution in [2.75, 3.05) is 0 Å². The zero-order valence-electron chi connectivity index (χ0n) is 16.4. The van der Waals surface area contributed by atoms with Crippen molar-refractivity contribution in [3.63, 3.8) is 0 Å². The number of aromatic nitrogens is 2. The lowest BCUT2D eigenvalue weighted by atomic mass is 10.00. The predicted molar refractivity (Wildman–Crippen MR) is 109 cm³/mol. The van der Waals surface area contributed by atoms with Gasteiger partial charge in [0.1, 0.15) is 11.0 Å². The first-order valence-electron chi connectivity index (χ1n) is 9.11. The van der Waals surface area contributed by atoms with Crippen molar-refractivity contribution in [2.24, 2.45) is 0 Å². The summed E-state index contributed by atoms with van der Waals surface area (Å²) in [4.78, 5) is 12.9. The lowest BCUT2D eigenvalue weighted by Crippen LogP contribution is -2.27. The van der Waals surface area contributed by atoms with Crippen molar-refractivity contribution >= 4 is 17.5 Å². The van der Waals surface area contributed by atoms with Gasteiger partial charge in [0.05, 0.1) is 23.8 Å². The molecule has 0 saturated carbocycles. The predicted octanol–water partition coefficient (Wildman–Crippen LogP) is 5.14. The Morgan fingerprint density at radius 2 is 1.86 bits per heavy atom. The fourth-order valence-electron chi connectivity index (χ4n) is 3.25. The lowest BCUT2D eigenvalue weighted by molar-refractivity contribution is 0.0939. The van der Waals surface area contributed by atoms with Crippen molar-refractivity contribution in [1.29, 1.82) is 0 Å². The molecule has 1 amide bonds. The van der Waals surface area contributed by atoms with E-state index >= 15 is 0 Å². The van der Waals surface area contributed by atoms with Gasteiger partial charge in [0.25, 0.3) is 5.91 Å². The summed E-state index contributed by atoms with van der Waals surface area (Å²) in [5.74, 6) is -0.562. The van der Waals surface area contributed by atoms with Crippen LogP contribution in [0.4, 0.5) is 4.39 Å². The molecule has 146 valence electrons. The van der Waals surface area contributed by atoms with Gasteiger partial charge < -0.3 is 5.32 Å². The van der Waals surface area contributed by atoms with Crippen molar-refractivity contribution in [3.05, 3.63) is 86.9 Å². The number of nitrogens with one attached hydrogen (secondary N) is 1. The van der Waals surface area contributed by atoms with E-state index in [0.29, 0.717) is 17.8 Å². The Bertz CT molecular complexity index is 1010. The van der Waals surface area contributed by atoms with Crippen LogP contribution in [0.2, 0.25) is 5.15 Å². The van der Waals surface area contributed by atoms with E-state index in [-0.39, 0.29) is 22.9 Å². The van der Waals surface area contributed by atoms with Gasteiger partial charge >= 0.3 is 0 Å². The van der Waals surface area contributed by atoms with Gasteiger partial charge in [-0.15, -0.1) is 0 Å². The van der Waals surface area contributed by atoms with Crippen LogP contribution in [0.15, 0.2) is 42.5 Å². The number of carbonyl (C=O) groups is 1. The van der Waals surface area contributed by atoms with Gasteiger partial charge in [-0.3, -0.25) is 4.79 Å². The molecule has 0 aliphatic carbocycles. The van der Waals surface area contributed by atoms with Crippen LogP contribution >= 0.6 is 11.6 Å². The molecular weight excluding hydrogens is 377 g/mol. The molecule has 0 fully saturated rings. The maximum atomic E-state index is 13.1. The monoisotopic (exact) mass is 399 g/mol. The summed E-state index contributed by atoms with van der Waals surface area (Å²) < 4.78 is 14.6. The van der Waals surface area contributed by atoms with Gasteiger partial charge in [0, 0.05) is 0 Å². The maximum Gasteiger partial charge on any atom is 0.256 e. The molecule has 0 aliphatic heterocycles. The molecule has 1 atom stereocenters. The normalized spacial score (nSPS) is 12.1. The Hall–Kier alpha value is -2.66. The fraction of sp³-hybridized carbons (Fsp3) is 0.273. The topological polar surface area (TPSA) is 46.9 Å². The zero-order chi connectivity index (χ0) is 20.4. The molecule has 2 aromatic carbocycles. The summed E-state index contributed by atoms with van der Waals surface area (Å²) in [5, 5.41) is 7.68. The third-order valence-electron chi connectivity index (χ3n) is 4.79. The van der Waals surface area contributed by atoms with Gasteiger partial charge in [0.15, 0.2) is 0 Å². The smallest absolute Gasteiger partial charge is 0.256 e. The van der Waals surface area contributed by atoms with Gasteiger partial charge in [-0.2, -0.15) is 5.10 Å². The minimum atomic E-state index is -0.299. The third kappa shape index (κ3) is 4.25. The largest absolute Gasteiger partial charge is 0.345 e. The number of benzene rings is 2. The van der Waals surface area contributed by atoms with Gasteiger partial charge in [-0.25, -0.2) is 9.07 Å². The number of halogens is 2. The number of aryl methyl sites for hydroxylation is 3. The molecule has 0 radical (unpaired) electrons. The summed E-state index contributed by atoms with van der Waals surface area (Å²) in [6, 6.07) is 12.1. The Balaban J connectivity index is 1.81. The van der Waals surface area contributed by atoms with E-state index in [0.717, 1.165) is 22.3 Å². The average molecular weight is 400 g/mol. The number of hydrogen-bond donors (Lipinski definition) is 1. The van der Waals surface area contributed by atoms with Crippen molar-refractivity contribution < 1.29 is 9.18 Å². The second kappa shape index (κ2) is 8.15. The molecule has 0 spiro atoms. The second-order valence-corrected chi connectivity index (χ2v) is 7.45. The zero-order valence-corrected chi connectivity index (χ0v) is 17.1. The fourth-order valence-corrected chi connectivity index (χ4v) is 3.57. The van der Waals surface area contributed by atoms with Crippen molar-refractivity contribution in [2.45, 2.75) is 40.3 Å². The molecule has 28 heavy (non-hydrogen) atoms. The molecule has 4 nitrogen and oxygen atoms in total. The highest BCUT2D eigenvalue weighted by atomic mass is 35.5. The first-order chi connectivity index (χ1) is 13.3. The second-order valence-electron chi connectivity index (χ2n) is 7.09. The molecule has 0 aliphatic rings. The minimum Gasteiger partial charge on any atom is -0.345 e. The quantitative estimate of drug-likeness (QED) is 0.645. The number of rotatable bonds is 5. The summed E-state index contributed by atoms with van der Waals surface area (Å²) >= 11 is 6.46. The van der Waals surface area contributed by atoms with E-state index in [1.807, 2.05) is 32.9 Å². The standard InChI is InChI=1S/C22H23ClFN3O/c1-13-5-6-14(2)19(11-13)15(3)25-22(28)20-16(4)26-27(21(20)23)12-17-7-9-18(24)10-8-17/h5-11,15H,12H2,1-4H3,(H,25,28). The molecule has 3 rings (SSSR count). The van der Waals surface area contributed by atoms with Crippen LogP contribution in [-0.2, 0) is 6.54 Å². The van der Waals surface area contributed by atoms with E-state index in [2.05, 4.69) is 16.5 Å². The van der Waals surface area contributed by atoms with E-state index in [1.165, 1.54) is 12.1 Å². The molecule has 6 heteroatoms. The third-order valence-corrected chi connectivity index (χ3v) is 5.17. The highest BCUT2D eigenvalue weighted by Crippen LogP contribution is 2.24. The van der Waals surface area contributed by atoms with Gasteiger partial charge in [-0.05, 0) is 56.5 Å². The first kappa shape index (κ1) is 20.1. The van der Waals surface area contributed by atoms with E-state index in [1.54, 1.807) is 23.7 Å². The first-order valence-corrected chi connectivity index (χ1v) is 9.49. The Morgan fingerprint density at radius 3 is 2.54 bits per heavy atom. The van der Waals surface area contributed by atoms with Crippen LogP contribution in [0.3, 0.4) is 0 Å². The van der Waals surface area contributed by atoms with Crippen LogP contribution < -0.4 is 5.32 Å². The highest BCUT2D eigenvalue weighted by molar-refractivity contribution is 6.33. The van der Waals surface area contributed by atoms with Crippen molar-refractivity contribution in [1.82, 2.24) is 15.1 Å². The molecule has 0 bridgehead atoms. The molecule has 0 saturated heterocycles. The Morgan fingerprint density at radius 1 is 1.18 bits per heavy atom. The molecule has 1 N–H and O–H groups in total.